The Labute approximate surface area is 140 Å². The first-order chi connectivity index (χ1) is 10.8. The zero-order chi connectivity index (χ0) is 17.2. The fourth-order valence-electron chi connectivity index (χ4n) is 3.94. The smallest absolute Gasteiger partial charge is 0.190 e. The summed E-state index contributed by atoms with van der Waals surface area (Å²) < 4.78 is 0. The summed E-state index contributed by atoms with van der Waals surface area (Å²) >= 11 is 0. The fourth-order valence-corrected chi connectivity index (χ4v) is 9.16. The standard InChI is InChI=1S/C20H27NOSi/c1-14(2)23(15(3)4,16(5)6)13-11-17-8-7-9-18-20(17)19(22)10-12-21-18/h7-10,12,14-16H,1-6H3,(H,21,22). The van der Waals surface area contributed by atoms with Gasteiger partial charge in [-0.15, -0.1) is 5.54 Å². The number of rotatable bonds is 3. The van der Waals surface area contributed by atoms with E-state index >= 15 is 0 Å². The third kappa shape index (κ3) is 3.14. The van der Waals surface area contributed by atoms with Crippen LogP contribution >= 0.6 is 0 Å². The molecule has 0 aliphatic heterocycles. The largest absolute Gasteiger partial charge is 0.361 e. The van der Waals surface area contributed by atoms with Crippen LogP contribution in [0.25, 0.3) is 10.9 Å². The molecule has 0 fully saturated rings. The van der Waals surface area contributed by atoms with Gasteiger partial charge in [0.15, 0.2) is 5.43 Å². The van der Waals surface area contributed by atoms with E-state index in [0.717, 1.165) is 11.1 Å². The van der Waals surface area contributed by atoms with Crippen LogP contribution in [0.2, 0.25) is 16.6 Å². The molecule has 1 heterocycles. The van der Waals surface area contributed by atoms with Crippen LogP contribution < -0.4 is 5.43 Å². The summed E-state index contributed by atoms with van der Waals surface area (Å²) in [7, 11) is -1.79. The van der Waals surface area contributed by atoms with Crippen molar-refractivity contribution in [3.8, 4) is 11.5 Å². The van der Waals surface area contributed by atoms with Crippen molar-refractivity contribution in [2.75, 3.05) is 0 Å². The van der Waals surface area contributed by atoms with Crippen molar-refractivity contribution in [1.82, 2.24) is 4.98 Å². The van der Waals surface area contributed by atoms with E-state index in [4.69, 9.17) is 0 Å². The van der Waals surface area contributed by atoms with Crippen molar-refractivity contribution in [2.45, 2.75) is 58.2 Å². The second kappa shape index (κ2) is 6.76. The molecular formula is C20H27NOSi. The highest BCUT2D eigenvalue weighted by atomic mass is 28.3. The molecule has 0 radical (unpaired) electrons. The molecule has 1 N–H and O–H groups in total. The molecular weight excluding hydrogens is 298 g/mol. The minimum absolute atomic E-state index is 0.0366. The van der Waals surface area contributed by atoms with E-state index < -0.39 is 8.07 Å². The van der Waals surface area contributed by atoms with Gasteiger partial charge in [0, 0.05) is 17.8 Å². The van der Waals surface area contributed by atoms with Gasteiger partial charge in [0.1, 0.15) is 8.07 Å². The lowest BCUT2D eigenvalue weighted by molar-refractivity contribution is 0.838. The molecule has 1 aromatic carbocycles. The number of hydrogen-bond acceptors (Lipinski definition) is 1. The Morgan fingerprint density at radius 1 is 0.957 bits per heavy atom. The fraction of sp³-hybridized carbons (Fsp3) is 0.450. The van der Waals surface area contributed by atoms with Crippen molar-refractivity contribution in [2.24, 2.45) is 0 Å². The molecule has 0 saturated carbocycles. The van der Waals surface area contributed by atoms with Crippen LogP contribution in [0.3, 0.4) is 0 Å². The average molecular weight is 326 g/mol. The molecule has 2 aromatic rings. The third-order valence-electron chi connectivity index (χ3n) is 5.06. The number of aromatic amines is 1. The number of fused-ring (bicyclic) bond motifs is 1. The molecule has 0 aliphatic rings. The number of pyridine rings is 1. The van der Waals surface area contributed by atoms with Crippen molar-refractivity contribution in [1.29, 1.82) is 0 Å². The van der Waals surface area contributed by atoms with Gasteiger partial charge in [-0.05, 0) is 28.8 Å². The highest BCUT2D eigenvalue weighted by molar-refractivity contribution is 6.90. The van der Waals surface area contributed by atoms with Crippen LogP contribution in [0, 0.1) is 11.5 Å². The first-order valence-electron chi connectivity index (χ1n) is 8.44. The van der Waals surface area contributed by atoms with Crippen molar-refractivity contribution < 1.29 is 0 Å². The molecule has 0 saturated heterocycles. The highest BCUT2D eigenvalue weighted by Crippen LogP contribution is 2.40. The molecule has 122 valence electrons. The van der Waals surface area contributed by atoms with Gasteiger partial charge in [0.05, 0.1) is 10.9 Å². The lowest BCUT2D eigenvalue weighted by Crippen LogP contribution is -2.43. The van der Waals surface area contributed by atoms with Gasteiger partial charge in [0.2, 0.25) is 0 Å². The first-order valence-corrected chi connectivity index (χ1v) is 10.7. The first kappa shape index (κ1) is 17.6. The molecule has 0 aliphatic carbocycles. The van der Waals surface area contributed by atoms with E-state index in [1.54, 1.807) is 12.3 Å². The Morgan fingerprint density at radius 2 is 1.57 bits per heavy atom. The van der Waals surface area contributed by atoms with Gasteiger partial charge in [-0.3, -0.25) is 4.79 Å². The number of aromatic nitrogens is 1. The Morgan fingerprint density at radius 3 is 2.13 bits per heavy atom. The Kier molecular flexibility index (Phi) is 5.16. The van der Waals surface area contributed by atoms with E-state index in [9.17, 15) is 4.79 Å². The number of benzene rings is 1. The van der Waals surface area contributed by atoms with Crippen molar-refractivity contribution >= 4 is 19.0 Å². The number of nitrogens with one attached hydrogen (secondary N) is 1. The molecule has 2 nitrogen and oxygen atoms in total. The maximum atomic E-state index is 12.2. The van der Waals surface area contributed by atoms with E-state index in [0.29, 0.717) is 22.0 Å². The predicted molar refractivity (Wildman–Crippen MR) is 102 cm³/mol. The van der Waals surface area contributed by atoms with Crippen LogP contribution in [0.15, 0.2) is 35.3 Å². The highest BCUT2D eigenvalue weighted by Gasteiger charge is 2.41. The van der Waals surface area contributed by atoms with Crippen LogP contribution in [-0.2, 0) is 0 Å². The normalized spacial score (nSPS) is 12.0. The summed E-state index contributed by atoms with van der Waals surface area (Å²) in [4.78, 5) is 15.4. The summed E-state index contributed by atoms with van der Waals surface area (Å²) in [6.45, 7) is 13.8. The maximum Gasteiger partial charge on any atom is 0.190 e. The zero-order valence-corrected chi connectivity index (χ0v) is 16.0. The third-order valence-corrected chi connectivity index (χ3v) is 11.4. The van der Waals surface area contributed by atoms with Gasteiger partial charge < -0.3 is 4.98 Å². The minimum atomic E-state index is -1.79. The molecule has 3 heteroatoms. The SMILES string of the molecule is CC(C)[Si](C#Cc1cccc2[nH]ccc(=O)c12)(C(C)C)C(C)C. The van der Waals surface area contributed by atoms with Gasteiger partial charge >= 0.3 is 0 Å². The summed E-state index contributed by atoms with van der Waals surface area (Å²) in [6.07, 6.45) is 1.69. The summed E-state index contributed by atoms with van der Waals surface area (Å²) in [5, 5.41) is 0.710. The zero-order valence-electron chi connectivity index (χ0n) is 15.0. The summed E-state index contributed by atoms with van der Waals surface area (Å²) in [5.41, 5.74) is 7.21. The minimum Gasteiger partial charge on any atom is -0.361 e. The number of H-pyrrole nitrogens is 1. The predicted octanol–water partition coefficient (Wildman–Crippen LogP) is 5.10. The maximum absolute atomic E-state index is 12.2. The molecule has 2 rings (SSSR count). The van der Waals surface area contributed by atoms with E-state index in [2.05, 4.69) is 58.0 Å². The molecule has 0 unspecified atom stereocenters. The van der Waals surface area contributed by atoms with Gasteiger partial charge in [-0.1, -0.05) is 53.5 Å². The monoisotopic (exact) mass is 325 g/mol. The average Bonchev–Trinajstić information content (AvgIpc) is 2.47. The second-order valence-corrected chi connectivity index (χ2v) is 12.8. The van der Waals surface area contributed by atoms with Crippen LogP contribution in [-0.4, -0.2) is 13.1 Å². The molecule has 1 aromatic heterocycles. The van der Waals surface area contributed by atoms with Gasteiger partial charge in [0.25, 0.3) is 0 Å². The van der Waals surface area contributed by atoms with E-state index in [-0.39, 0.29) is 5.43 Å². The summed E-state index contributed by atoms with van der Waals surface area (Å²) in [6, 6.07) is 7.43. The molecule has 0 amide bonds. The van der Waals surface area contributed by atoms with Crippen LogP contribution in [0.4, 0.5) is 0 Å². The van der Waals surface area contributed by atoms with E-state index in [1.165, 1.54) is 0 Å². The molecule has 0 spiro atoms. The topological polar surface area (TPSA) is 32.9 Å². The number of hydrogen-bond donors (Lipinski definition) is 1. The Balaban J connectivity index is 2.67. The molecule has 0 atom stereocenters. The van der Waals surface area contributed by atoms with Crippen molar-refractivity contribution in [3.05, 3.63) is 46.2 Å². The molecule has 0 bridgehead atoms. The van der Waals surface area contributed by atoms with Crippen LogP contribution in [0.5, 0.6) is 0 Å². The van der Waals surface area contributed by atoms with Gasteiger partial charge in [-0.2, -0.15) is 0 Å². The molecule has 23 heavy (non-hydrogen) atoms. The lowest BCUT2D eigenvalue weighted by Gasteiger charge is -2.38. The Hall–Kier alpha value is -1.79. The summed E-state index contributed by atoms with van der Waals surface area (Å²) in [5.74, 6) is 3.41. The lowest BCUT2D eigenvalue weighted by atomic mass is 10.1. The quantitative estimate of drug-likeness (QED) is 0.618. The van der Waals surface area contributed by atoms with Crippen LogP contribution in [0.1, 0.15) is 47.1 Å². The van der Waals surface area contributed by atoms with Gasteiger partial charge in [-0.25, -0.2) is 0 Å². The Bertz CT molecular complexity index is 778. The van der Waals surface area contributed by atoms with E-state index in [1.807, 2.05) is 18.2 Å². The van der Waals surface area contributed by atoms with Crippen molar-refractivity contribution in [3.63, 3.8) is 0 Å². The second-order valence-electron chi connectivity index (χ2n) is 7.22.